The van der Waals surface area contributed by atoms with Gasteiger partial charge in [-0.25, -0.2) is 4.98 Å². The highest BCUT2D eigenvalue weighted by Crippen LogP contribution is 2.28. The van der Waals surface area contributed by atoms with Crippen molar-refractivity contribution < 1.29 is 5.11 Å². The minimum atomic E-state index is -0.599. The summed E-state index contributed by atoms with van der Waals surface area (Å²) in [6.07, 6.45) is -0.599. The predicted molar refractivity (Wildman–Crippen MR) is 66.8 cm³/mol. The molecule has 2 rings (SSSR count). The van der Waals surface area contributed by atoms with Crippen molar-refractivity contribution in [1.82, 2.24) is 4.98 Å². The van der Waals surface area contributed by atoms with Crippen molar-refractivity contribution in [3.8, 4) is 0 Å². The molecule has 0 saturated carbocycles. The number of benzene rings is 1. The van der Waals surface area contributed by atoms with Crippen molar-refractivity contribution in [1.29, 1.82) is 0 Å². The van der Waals surface area contributed by atoms with Crippen LogP contribution in [0.25, 0.3) is 0 Å². The highest BCUT2D eigenvalue weighted by atomic mass is 32.1. The van der Waals surface area contributed by atoms with Gasteiger partial charge in [0.2, 0.25) is 0 Å². The lowest BCUT2D eigenvalue weighted by molar-refractivity contribution is 0.219. The van der Waals surface area contributed by atoms with Gasteiger partial charge in [-0.15, -0.1) is 11.3 Å². The van der Waals surface area contributed by atoms with Crippen LogP contribution in [-0.2, 0) is 0 Å². The van der Waals surface area contributed by atoms with Gasteiger partial charge in [0.15, 0.2) is 0 Å². The average molecular weight is 233 g/mol. The van der Waals surface area contributed by atoms with Gasteiger partial charge in [0.25, 0.3) is 0 Å². The van der Waals surface area contributed by atoms with Crippen molar-refractivity contribution in [2.24, 2.45) is 0 Å². The van der Waals surface area contributed by atoms with Crippen LogP contribution < -0.4 is 0 Å². The van der Waals surface area contributed by atoms with Crippen LogP contribution >= 0.6 is 11.3 Å². The number of hydrogen-bond acceptors (Lipinski definition) is 3. The minimum absolute atomic E-state index is 0.599. The zero-order valence-corrected chi connectivity index (χ0v) is 10.5. The number of aryl methyl sites for hydroxylation is 2. The first kappa shape index (κ1) is 11.3. The van der Waals surface area contributed by atoms with Crippen molar-refractivity contribution in [2.45, 2.75) is 26.9 Å². The molecule has 0 aliphatic rings. The Balaban J connectivity index is 2.41. The Morgan fingerprint density at radius 2 is 2.00 bits per heavy atom. The Hall–Kier alpha value is -1.19. The van der Waals surface area contributed by atoms with E-state index in [0.29, 0.717) is 0 Å². The first-order chi connectivity index (χ1) is 7.59. The van der Waals surface area contributed by atoms with E-state index in [1.165, 1.54) is 16.9 Å². The molecule has 0 saturated heterocycles. The Kier molecular flexibility index (Phi) is 3.08. The van der Waals surface area contributed by atoms with Crippen molar-refractivity contribution in [3.05, 3.63) is 51.0 Å². The van der Waals surface area contributed by atoms with Crippen molar-refractivity contribution in [3.63, 3.8) is 0 Å². The molecule has 1 N–H and O–H groups in total. The van der Waals surface area contributed by atoms with Gasteiger partial charge in [0.1, 0.15) is 11.1 Å². The van der Waals surface area contributed by atoms with Crippen molar-refractivity contribution in [2.75, 3.05) is 0 Å². The molecule has 1 atom stereocenters. The summed E-state index contributed by atoms with van der Waals surface area (Å²) in [7, 11) is 0. The Labute approximate surface area is 99.6 Å². The smallest absolute Gasteiger partial charge is 0.131 e. The molecule has 0 aliphatic heterocycles. The summed E-state index contributed by atoms with van der Waals surface area (Å²) < 4.78 is 0. The molecule has 3 heteroatoms. The van der Waals surface area contributed by atoms with E-state index in [0.717, 1.165) is 21.8 Å². The Morgan fingerprint density at radius 3 is 2.62 bits per heavy atom. The standard InChI is InChI=1S/C13H15NOS/c1-8-5-4-6-11(10(8)3)12(15)13-14-9(2)7-16-13/h4-7,12,15H,1-3H3. The summed E-state index contributed by atoms with van der Waals surface area (Å²) in [5, 5.41) is 13.0. The summed E-state index contributed by atoms with van der Waals surface area (Å²) >= 11 is 1.51. The second-order valence-corrected chi connectivity index (χ2v) is 4.91. The summed E-state index contributed by atoms with van der Waals surface area (Å²) in [4.78, 5) is 4.33. The second-order valence-electron chi connectivity index (χ2n) is 4.02. The monoisotopic (exact) mass is 233 g/mol. The number of nitrogens with zero attached hydrogens (tertiary/aromatic N) is 1. The third-order valence-corrected chi connectivity index (χ3v) is 3.83. The van der Waals surface area contributed by atoms with Gasteiger partial charge in [-0.3, -0.25) is 0 Å². The second kappa shape index (κ2) is 4.36. The molecule has 1 unspecified atom stereocenters. The number of aromatic nitrogens is 1. The topological polar surface area (TPSA) is 33.1 Å². The number of rotatable bonds is 2. The molecular weight excluding hydrogens is 218 g/mol. The van der Waals surface area contributed by atoms with Crippen LogP contribution in [0.5, 0.6) is 0 Å². The minimum Gasteiger partial charge on any atom is -0.381 e. The molecule has 84 valence electrons. The zero-order chi connectivity index (χ0) is 11.7. The molecule has 1 heterocycles. The van der Waals surface area contributed by atoms with E-state index < -0.39 is 6.10 Å². The van der Waals surface area contributed by atoms with Crippen LogP contribution in [0.2, 0.25) is 0 Å². The highest BCUT2D eigenvalue weighted by Gasteiger charge is 2.16. The van der Waals surface area contributed by atoms with Gasteiger partial charge in [-0.1, -0.05) is 18.2 Å². The molecule has 2 nitrogen and oxygen atoms in total. The molecule has 0 amide bonds. The van der Waals surface area contributed by atoms with Crippen LogP contribution in [-0.4, -0.2) is 10.1 Å². The van der Waals surface area contributed by atoms with Crippen LogP contribution in [0.3, 0.4) is 0 Å². The molecule has 0 aliphatic carbocycles. The molecule has 16 heavy (non-hydrogen) atoms. The lowest BCUT2D eigenvalue weighted by Gasteiger charge is -2.12. The number of aliphatic hydroxyl groups excluding tert-OH is 1. The quantitative estimate of drug-likeness (QED) is 0.864. The molecule has 0 spiro atoms. The molecule has 0 bridgehead atoms. The fourth-order valence-corrected chi connectivity index (χ4v) is 2.50. The SMILES string of the molecule is Cc1csc(C(O)c2cccc(C)c2C)n1. The summed E-state index contributed by atoms with van der Waals surface area (Å²) in [5.41, 5.74) is 4.26. The van der Waals surface area contributed by atoms with Crippen LogP contribution in [0.4, 0.5) is 0 Å². The predicted octanol–water partition coefficient (Wildman–Crippen LogP) is 3.15. The average Bonchev–Trinajstić information content (AvgIpc) is 2.68. The Morgan fingerprint density at radius 1 is 1.25 bits per heavy atom. The van der Waals surface area contributed by atoms with Crippen LogP contribution in [0, 0.1) is 20.8 Å². The van der Waals surface area contributed by atoms with E-state index in [1.54, 1.807) is 0 Å². The zero-order valence-electron chi connectivity index (χ0n) is 9.69. The Bertz CT molecular complexity index is 504. The first-order valence-electron chi connectivity index (χ1n) is 5.26. The van der Waals surface area contributed by atoms with Crippen LogP contribution in [0.15, 0.2) is 23.6 Å². The van der Waals surface area contributed by atoms with Gasteiger partial charge in [0.05, 0.1) is 0 Å². The van der Waals surface area contributed by atoms with Gasteiger partial charge < -0.3 is 5.11 Å². The van der Waals surface area contributed by atoms with E-state index in [9.17, 15) is 5.11 Å². The molecule has 0 radical (unpaired) electrons. The van der Waals surface area contributed by atoms with E-state index in [1.807, 2.05) is 31.4 Å². The van der Waals surface area contributed by atoms with Crippen molar-refractivity contribution >= 4 is 11.3 Å². The number of thiazole rings is 1. The molecule has 0 fully saturated rings. The first-order valence-corrected chi connectivity index (χ1v) is 6.13. The third-order valence-electron chi connectivity index (χ3n) is 2.81. The van der Waals surface area contributed by atoms with Gasteiger partial charge in [-0.2, -0.15) is 0 Å². The van der Waals surface area contributed by atoms with E-state index in [-0.39, 0.29) is 0 Å². The van der Waals surface area contributed by atoms with E-state index >= 15 is 0 Å². The molecule has 1 aromatic carbocycles. The maximum absolute atomic E-state index is 10.3. The normalized spacial score (nSPS) is 12.8. The van der Waals surface area contributed by atoms with Gasteiger partial charge in [-0.05, 0) is 37.5 Å². The summed E-state index contributed by atoms with van der Waals surface area (Å²) in [5.74, 6) is 0. The third kappa shape index (κ3) is 2.01. The molecule has 1 aromatic heterocycles. The van der Waals surface area contributed by atoms with Gasteiger partial charge >= 0.3 is 0 Å². The maximum atomic E-state index is 10.3. The summed E-state index contributed by atoms with van der Waals surface area (Å²) in [6, 6.07) is 5.99. The summed E-state index contributed by atoms with van der Waals surface area (Å²) in [6.45, 7) is 6.03. The van der Waals surface area contributed by atoms with E-state index in [2.05, 4.69) is 18.0 Å². The molecule has 2 aromatic rings. The number of hydrogen-bond donors (Lipinski definition) is 1. The number of aliphatic hydroxyl groups is 1. The van der Waals surface area contributed by atoms with E-state index in [4.69, 9.17) is 0 Å². The molecular formula is C13H15NOS. The fraction of sp³-hybridized carbons (Fsp3) is 0.308. The fourth-order valence-electron chi connectivity index (χ4n) is 1.70. The van der Waals surface area contributed by atoms with Gasteiger partial charge in [0, 0.05) is 11.1 Å². The lowest BCUT2D eigenvalue weighted by atomic mass is 9.99. The van der Waals surface area contributed by atoms with Crippen LogP contribution in [0.1, 0.15) is 33.5 Å². The highest BCUT2D eigenvalue weighted by molar-refractivity contribution is 7.09. The largest absolute Gasteiger partial charge is 0.381 e. The maximum Gasteiger partial charge on any atom is 0.131 e. The lowest BCUT2D eigenvalue weighted by Crippen LogP contribution is -2.02.